The molecule has 2 N–H and O–H groups in total. The molecule has 0 aliphatic rings. The Morgan fingerprint density at radius 2 is 1.97 bits per heavy atom. The van der Waals surface area contributed by atoms with Crippen molar-refractivity contribution in [3.63, 3.8) is 0 Å². The summed E-state index contributed by atoms with van der Waals surface area (Å²) in [5, 5.41) is 9.74. The van der Waals surface area contributed by atoms with Gasteiger partial charge in [-0.05, 0) is 36.8 Å². The Kier molecular flexibility index (Phi) is 4.86. The molecule has 0 aliphatic heterocycles. The fourth-order valence-corrected chi connectivity index (χ4v) is 2.93. The van der Waals surface area contributed by atoms with E-state index in [9.17, 15) is 14.0 Å². The van der Waals surface area contributed by atoms with Gasteiger partial charge in [-0.1, -0.05) is 24.3 Å². The van der Waals surface area contributed by atoms with Crippen molar-refractivity contribution in [2.75, 3.05) is 5.32 Å². The van der Waals surface area contributed by atoms with Crippen LogP contribution in [0.25, 0.3) is 10.9 Å². The van der Waals surface area contributed by atoms with Gasteiger partial charge in [-0.2, -0.15) is 4.98 Å². The number of nitrogens with one attached hydrogen (secondary N) is 2. The van der Waals surface area contributed by atoms with Gasteiger partial charge in [0, 0.05) is 6.42 Å². The number of amides is 1. The maximum atomic E-state index is 13.0. The lowest BCUT2D eigenvalue weighted by molar-refractivity contribution is -0.118. The number of rotatable bonds is 5. The monoisotopic (exact) mass is 392 g/mol. The second-order valence-corrected chi connectivity index (χ2v) is 6.55. The van der Waals surface area contributed by atoms with Crippen LogP contribution in [-0.4, -0.2) is 30.6 Å². The highest BCUT2D eigenvalue weighted by molar-refractivity contribution is 5.92. The van der Waals surface area contributed by atoms with Crippen molar-refractivity contribution in [1.82, 2.24) is 24.7 Å². The molecule has 1 atom stereocenters. The number of hydrogen-bond donors (Lipinski definition) is 2. The second kappa shape index (κ2) is 7.63. The van der Waals surface area contributed by atoms with Crippen molar-refractivity contribution < 1.29 is 9.18 Å². The molecule has 2 heterocycles. The fraction of sp³-hybridized carbons (Fsp3) is 0.150. The SMILES string of the molecule is CC(C(=O)Nc1n[nH]c(Cc2ccc(F)cc2)n1)n1cnc2ccccc2c1=O. The second-order valence-electron chi connectivity index (χ2n) is 6.55. The molecule has 4 aromatic rings. The van der Waals surface area contributed by atoms with Gasteiger partial charge >= 0.3 is 0 Å². The first-order chi connectivity index (χ1) is 14.0. The number of halogens is 1. The standard InChI is InChI=1S/C20H17FN6O2/c1-12(27-11-22-16-5-3-2-4-15(16)19(27)29)18(28)24-20-23-17(25-26-20)10-13-6-8-14(21)9-7-13/h2-9,11-12H,10H2,1H3,(H2,23,24,25,26,28). The van der Waals surface area contributed by atoms with Crippen molar-refractivity contribution >= 4 is 22.8 Å². The molecule has 0 radical (unpaired) electrons. The molecule has 9 heteroatoms. The smallest absolute Gasteiger partial charge is 0.261 e. The molecule has 0 aliphatic carbocycles. The molecule has 2 aromatic carbocycles. The van der Waals surface area contributed by atoms with Crippen LogP contribution in [0.1, 0.15) is 24.4 Å². The van der Waals surface area contributed by atoms with Crippen molar-refractivity contribution in [2.24, 2.45) is 0 Å². The lowest BCUT2D eigenvalue weighted by Crippen LogP contribution is -2.32. The molecular formula is C20H17FN6O2. The van der Waals surface area contributed by atoms with Crippen LogP contribution in [0.2, 0.25) is 0 Å². The van der Waals surface area contributed by atoms with Crippen molar-refractivity contribution in [3.8, 4) is 0 Å². The average Bonchev–Trinajstić information content (AvgIpc) is 3.16. The summed E-state index contributed by atoms with van der Waals surface area (Å²) in [4.78, 5) is 33.7. The molecule has 1 amide bonds. The van der Waals surface area contributed by atoms with E-state index in [0.29, 0.717) is 23.1 Å². The Hall–Kier alpha value is -3.88. The van der Waals surface area contributed by atoms with E-state index >= 15 is 0 Å². The minimum atomic E-state index is -0.807. The zero-order valence-corrected chi connectivity index (χ0v) is 15.5. The van der Waals surface area contributed by atoms with Gasteiger partial charge in [-0.3, -0.25) is 24.6 Å². The lowest BCUT2D eigenvalue weighted by Gasteiger charge is -2.13. The van der Waals surface area contributed by atoms with E-state index in [4.69, 9.17) is 0 Å². The zero-order chi connectivity index (χ0) is 20.4. The highest BCUT2D eigenvalue weighted by Gasteiger charge is 2.19. The maximum Gasteiger partial charge on any atom is 0.261 e. The number of carbonyl (C=O) groups excluding carboxylic acids is 1. The summed E-state index contributed by atoms with van der Waals surface area (Å²) >= 11 is 0. The number of para-hydroxylation sites is 1. The van der Waals surface area contributed by atoms with E-state index in [1.54, 1.807) is 43.3 Å². The highest BCUT2D eigenvalue weighted by atomic mass is 19.1. The van der Waals surface area contributed by atoms with E-state index in [1.165, 1.54) is 23.0 Å². The number of H-pyrrole nitrogens is 1. The summed E-state index contributed by atoms with van der Waals surface area (Å²) in [5.41, 5.74) is 1.12. The Morgan fingerprint density at radius 1 is 1.21 bits per heavy atom. The van der Waals surface area contributed by atoms with Gasteiger partial charge in [-0.25, -0.2) is 9.37 Å². The molecule has 146 valence electrons. The third-order valence-electron chi connectivity index (χ3n) is 4.54. The Labute approximate surface area is 164 Å². The van der Waals surface area contributed by atoms with Crippen LogP contribution in [0.3, 0.4) is 0 Å². The van der Waals surface area contributed by atoms with Crippen molar-refractivity contribution in [1.29, 1.82) is 0 Å². The summed E-state index contributed by atoms with van der Waals surface area (Å²) in [6.45, 7) is 1.60. The minimum Gasteiger partial charge on any atom is -0.291 e. The van der Waals surface area contributed by atoms with Gasteiger partial charge in [0.05, 0.1) is 17.2 Å². The number of fused-ring (bicyclic) bond motifs is 1. The molecule has 4 rings (SSSR count). The third kappa shape index (κ3) is 3.88. The summed E-state index contributed by atoms with van der Waals surface area (Å²) in [6, 6.07) is 12.2. The van der Waals surface area contributed by atoms with Crippen LogP contribution >= 0.6 is 0 Å². The minimum absolute atomic E-state index is 0.0979. The molecule has 0 saturated heterocycles. The molecule has 0 spiro atoms. The number of nitrogens with zero attached hydrogens (tertiary/aromatic N) is 4. The number of aromatic amines is 1. The molecule has 0 fully saturated rings. The van der Waals surface area contributed by atoms with Crippen LogP contribution in [0.5, 0.6) is 0 Å². The summed E-state index contributed by atoms with van der Waals surface area (Å²) < 4.78 is 14.3. The van der Waals surface area contributed by atoms with Crippen LogP contribution in [0.15, 0.2) is 59.7 Å². The predicted molar refractivity (Wildman–Crippen MR) is 105 cm³/mol. The number of aromatic nitrogens is 5. The normalized spacial score (nSPS) is 12.1. The Bertz CT molecular complexity index is 1230. The van der Waals surface area contributed by atoms with Crippen LogP contribution in [0.4, 0.5) is 10.3 Å². The average molecular weight is 392 g/mol. The van der Waals surface area contributed by atoms with E-state index in [1.807, 2.05) is 0 Å². The summed E-state index contributed by atoms with van der Waals surface area (Å²) in [5.74, 6) is -0.145. The summed E-state index contributed by atoms with van der Waals surface area (Å²) in [7, 11) is 0. The first-order valence-electron chi connectivity index (χ1n) is 8.94. The molecular weight excluding hydrogens is 375 g/mol. The van der Waals surface area contributed by atoms with Gasteiger partial charge in [0.1, 0.15) is 17.7 Å². The molecule has 29 heavy (non-hydrogen) atoms. The molecule has 0 saturated carbocycles. The van der Waals surface area contributed by atoms with E-state index in [2.05, 4.69) is 25.5 Å². The Balaban J connectivity index is 1.48. The van der Waals surface area contributed by atoms with Gasteiger partial charge in [0.25, 0.3) is 5.56 Å². The van der Waals surface area contributed by atoms with E-state index in [0.717, 1.165) is 5.56 Å². The largest absolute Gasteiger partial charge is 0.291 e. The molecule has 2 aromatic heterocycles. The molecule has 8 nitrogen and oxygen atoms in total. The zero-order valence-electron chi connectivity index (χ0n) is 15.5. The number of anilines is 1. The highest BCUT2D eigenvalue weighted by Crippen LogP contribution is 2.12. The lowest BCUT2D eigenvalue weighted by atomic mass is 10.1. The van der Waals surface area contributed by atoms with Crippen LogP contribution in [-0.2, 0) is 11.2 Å². The first kappa shape index (κ1) is 18.5. The Morgan fingerprint density at radius 3 is 2.76 bits per heavy atom. The maximum absolute atomic E-state index is 13.0. The fourth-order valence-electron chi connectivity index (χ4n) is 2.93. The van der Waals surface area contributed by atoms with Crippen LogP contribution in [0, 0.1) is 5.82 Å². The quantitative estimate of drug-likeness (QED) is 0.543. The number of hydrogen-bond acceptors (Lipinski definition) is 5. The van der Waals surface area contributed by atoms with E-state index < -0.39 is 11.9 Å². The molecule has 1 unspecified atom stereocenters. The van der Waals surface area contributed by atoms with Gasteiger partial charge in [0.15, 0.2) is 0 Å². The van der Waals surface area contributed by atoms with Crippen molar-refractivity contribution in [3.05, 3.63) is 82.4 Å². The first-order valence-corrected chi connectivity index (χ1v) is 8.94. The van der Waals surface area contributed by atoms with E-state index in [-0.39, 0.29) is 17.3 Å². The number of carbonyl (C=O) groups is 1. The topological polar surface area (TPSA) is 106 Å². The number of benzene rings is 2. The summed E-state index contributed by atoms with van der Waals surface area (Å²) in [6.07, 6.45) is 1.76. The van der Waals surface area contributed by atoms with Crippen LogP contribution < -0.4 is 10.9 Å². The van der Waals surface area contributed by atoms with Gasteiger partial charge < -0.3 is 0 Å². The third-order valence-corrected chi connectivity index (χ3v) is 4.54. The van der Waals surface area contributed by atoms with Crippen molar-refractivity contribution in [2.45, 2.75) is 19.4 Å². The van der Waals surface area contributed by atoms with Gasteiger partial charge in [-0.15, -0.1) is 5.10 Å². The predicted octanol–water partition coefficient (Wildman–Crippen LogP) is 2.44. The molecule has 0 bridgehead atoms. The van der Waals surface area contributed by atoms with Gasteiger partial charge in [0.2, 0.25) is 11.9 Å².